The van der Waals surface area contributed by atoms with Crippen LogP contribution in [0.1, 0.15) is 35.4 Å². The van der Waals surface area contributed by atoms with Gasteiger partial charge in [0.15, 0.2) is 0 Å². The van der Waals surface area contributed by atoms with Gasteiger partial charge in [-0.25, -0.2) is 22.7 Å². The molecule has 0 aliphatic heterocycles. The van der Waals surface area contributed by atoms with Crippen LogP contribution in [0.25, 0.3) is 0 Å². The van der Waals surface area contributed by atoms with Crippen molar-refractivity contribution in [2.75, 3.05) is 12.4 Å². The van der Waals surface area contributed by atoms with E-state index in [-0.39, 0.29) is 9.77 Å². The smallest absolute Gasteiger partial charge is 0.411 e. The van der Waals surface area contributed by atoms with Crippen molar-refractivity contribution in [1.29, 1.82) is 0 Å². The molecule has 1 aliphatic carbocycles. The number of carbonyl (C=O) groups excluding carboxylic acids is 2. The Balaban J connectivity index is 1.60. The summed E-state index contributed by atoms with van der Waals surface area (Å²) in [6, 6.07) is 9.92. The van der Waals surface area contributed by atoms with Gasteiger partial charge in [0.2, 0.25) is 10.0 Å². The van der Waals surface area contributed by atoms with E-state index in [1.54, 1.807) is 24.3 Å². The van der Waals surface area contributed by atoms with Crippen LogP contribution in [0.3, 0.4) is 0 Å². The Morgan fingerprint density at radius 1 is 1.14 bits per heavy atom. The van der Waals surface area contributed by atoms with Crippen molar-refractivity contribution in [1.82, 2.24) is 4.72 Å². The molecule has 0 radical (unpaired) electrons. The fraction of sp³-hybridized carbons (Fsp3) is 0.368. The molecule has 1 aromatic carbocycles. The summed E-state index contributed by atoms with van der Waals surface area (Å²) >= 11 is 1.01. The minimum Gasteiger partial charge on any atom is -0.465 e. The monoisotopic (exact) mass is 438 g/mol. The van der Waals surface area contributed by atoms with Gasteiger partial charge in [0.05, 0.1) is 7.11 Å². The zero-order valence-corrected chi connectivity index (χ0v) is 17.4. The Morgan fingerprint density at radius 3 is 2.62 bits per heavy atom. The van der Waals surface area contributed by atoms with Crippen LogP contribution in [0.4, 0.5) is 10.5 Å². The van der Waals surface area contributed by atoms with E-state index in [9.17, 15) is 18.0 Å². The Bertz CT molecular complexity index is 958. The molecule has 2 aromatic rings. The molecule has 2 atom stereocenters. The zero-order valence-electron chi connectivity index (χ0n) is 15.8. The first-order valence-corrected chi connectivity index (χ1v) is 11.5. The van der Waals surface area contributed by atoms with Crippen LogP contribution >= 0.6 is 11.3 Å². The summed E-state index contributed by atoms with van der Waals surface area (Å²) in [6.07, 6.45) is 1.38. The third kappa shape index (κ3) is 5.55. The molecule has 1 saturated carbocycles. The average molecular weight is 439 g/mol. The molecule has 0 saturated heterocycles. The molecule has 1 aliphatic rings. The molecule has 1 aromatic heterocycles. The predicted octanol–water partition coefficient (Wildman–Crippen LogP) is 3.37. The van der Waals surface area contributed by atoms with Crippen LogP contribution < -0.4 is 10.0 Å². The summed E-state index contributed by atoms with van der Waals surface area (Å²) in [7, 11) is -2.70. The van der Waals surface area contributed by atoms with Gasteiger partial charge < -0.3 is 9.47 Å². The number of anilines is 1. The summed E-state index contributed by atoms with van der Waals surface area (Å²) in [6.45, 7) is 0. The zero-order chi connectivity index (χ0) is 20.9. The first-order chi connectivity index (χ1) is 13.9. The lowest BCUT2D eigenvalue weighted by molar-refractivity contribution is 0.0601. The summed E-state index contributed by atoms with van der Waals surface area (Å²) in [4.78, 5) is 23.8. The van der Waals surface area contributed by atoms with Crippen LogP contribution in [0.15, 0.2) is 46.7 Å². The van der Waals surface area contributed by atoms with Gasteiger partial charge in [-0.1, -0.05) is 18.2 Å². The minimum atomic E-state index is -3.90. The fourth-order valence-corrected chi connectivity index (χ4v) is 5.83. The highest BCUT2D eigenvalue weighted by atomic mass is 32.2. The van der Waals surface area contributed by atoms with Crippen molar-refractivity contribution >= 4 is 39.1 Å². The fourth-order valence-electron chi connectivity index (χ4n) is 3.21. The highest BCUT2D eigenvalue weighted by Crippen LogP contribution is 2.26. The number of nitrogens with one attached hydrogen (secondary N) is 2. The Kier molecular flexibility index (Phi) is 6.88. The largest absolute Gasteiger partial charge is 0.465 e. The normalized spacial score (nSPS) is 19.3. The molecule has 0 bridgehead atoms. The number of para-hydroxylation sites is 1. The van der Waals surface area contributed by atoms with Crippen molar-refractivity contribution in [2.24, 2.45) is 0 Å². The number of methoxy groups -OCH3 is 1. The number of benzene rings is 1. The number of carbonyl (C=O) groups is 2. The Morgan fingerprint density at radius 2 is 1.90 bits per heavy atom. The van der Waals surface area contributed by atoms with E-state index in [2.05, 4.69) is 14.8 Å². The second-order valence-electron chi connectivity index (χ2n) is 6.61. The van der Waals surface area contributed by atoms with Gasteiger partial charge in [-0.15, -0.1) is 11.3 Å². The molecule has 3 rings (SSSR count). The Labute approximate surface area is 173 Å². The highest BCUT2D eigenvalue weighted by Gasteiger charge is 2.31. The molecular formula is C19H22N2O6S2. The summed E-state index contributed by atoms with van der Waals surface area (Å²) < 4.78 is 38.2. The topological polar surface area (TPSA) is 111 Å². The number of sulfonamides is 1. The number of rotatable bonds is 6. The number of ether oxygens (including phenoxy) is 2. The van der Waals surface area contributed by atoms with Crippen molar-refractivity contribution in [3.05, 3.63) is 46.7 Å². The lowest BCUT2D eigenvalue weighted by atomic mass is 9.94. The molecule has 10 heteroatoms. The first-order valence-electron chi connectivity index (χ1n) is 9.10. The van der Waals surface area contributed by atoms with E-state index < -0.39 is 34.2 Å². The molecule has 8 nitrogen and oxygen atoms in total. The van der Waals surface area contributed by atoms with Crippen LogP contribution in [0, 0.1) is 0 Å². The summed E-state index contributed by atoms with van der Waals surface area (Å²) in [5.41, 5.74) is 0.623. The van der Waals surface area contributed by atoms with E-state index >= 15 is 0 Å². The predicted molar refractivity (Wildman–Crippen MR) is 109 cm³/mol. The molecule has 29 heavy (non-hydrogen) atoms. The van der Waals surface area contributed by atoms with Crippen molar-refractivity contribution < 1.29 is 27.5 Å². The summed E-state index contributed by atoms with van der Waals surface area (Å²) in [5.74, 6) is -0.692. The minimum absolute atomic E-state index is 0.0332. The van der Waals surface area contributed by atoms with E-state index in [0.717, 1.165) is 11.3 Å². The Hall–Kier alpha value is -2.43. The number of esters is 1. The quantitative estimate of drug-likeness (QED) is 0.669. The lowest BCUT2D eigenvalue weighted by Gasteiger charge is -2.29. The van der Waals surface area contributed by atoms with Gasteiger partial charge in [0.25, 0.3) is 0 Å². The number of thiophene rings is 1. The molecule has 1 amide bonds. The van der Waals surface area contributed by atoms with E-state index in [4.69, 9.17) is 4.74 Å². The molecule has 156 valence electrons. The first kappa shape index (κ1) is 21.3. The maximum atomic E-state index is 12.7. The number of hydrogen-bond acceptors (Lipinski definition) is 7. The maximum absolute atomic E-state index is 12.7. The van der Waals surface area contributed by atoms with Gasteiger partial charge in [-0.3, -0.25) is 5.32 Å². The molecule has 1 fully saturated rings. The van der Waals surface area contributed by atoms with Crippen LogP contribution in [0.2, 0.25) is 0 Å². The molecule has 1 heterocycles. The third-order valence-electron chi connectivity index (χ3n) is 4.53. The van der Waals surface area contributed by atoms with Gasteiger partial charge in [0.1, 0.15) is 15.9 Å². The van der Waals surface area contributed by atoms with Gasteiger partial charge in [-0.05, 0) is 42.8 Å². The number of hydrogen-bond donors (Lipinski definition) is 2. The average Bonchev–Trinajstić information content (AvgIpc) is 3.19. The van der Waals surface area contributed by atoms with Gasteiger partial charge >= 0.3 is 12.1 Å². The second-order valence-corrected chi connectivity index (χ2v) is 9.21. The maximum Gasteiger partial charge on any atom is 0.411 e. The van der Waals surface area contributed by atoms with Crippen molar-refractivity contribution in [2.45, 2.75) is 42.7 Å². The lowest BCUT2D eigenvalue weighted by Crippen LogP contribution is -2.41. The standard InChI is InChI=1S/C19H22N2O6S2/c1-26-18(22)17-16(10-11-28-17)29(24,25)21-14-8-5-9-15(12-14)27-19(23)20-13-6-3-2-4-7-13/h2-4,6-7,10-11,14-15,21H,5,8-9,12H2,1H3,(H,20,23). The van der Waals surface area contributed by atoms with E-state index in [1.165, 1.54) is 18.6 Å². The third-order valence-corrected chi connectivity index (χ3v) is 7.12. The molecule has 0 spiro atoms. The van der Waals surface area contributed by atoms with Crippen molar-refractivity contribution in [3.8, 4) is 0 Å². The molecule has 2 unspecified atom stereocenters. The molecule has 2 N–H and O–H groups in total. The highest BCUT2D eigenvalue weighted by molar-refractivity contribution is 7.89. The summed E-state index contributed by atoms with van der Waals surface area (Å²) in [5, 5.41) is 4.18. The van der Waals surface area contributed by atoms with E-state index in [0.29, 0.717) is 31.4 Å². The van der Waals surface area contributed by atoms with Crippen LogP contribution in [-0.4, -0.2) is 39.7 Å². The van der Waals surface area contributed by atoms with Crippen LogP contribution in [-0.2, 0) is 19.5 Å². The molecular weight excluding hydrogens is 416 g/mol. The van der Waals surface area contributed by atoms with E-state index in [1.807, 2.05) is 6.07 Å². The SMILES string of the molecule is COC(=O)c1sccc1S(=O)(=O)NC1CCCC(OC(=O)Nc2ccccc2)C1. The van der Waals surface area contributed by atoms with Crippen molar-refractivity contribution in [3.63, 3.8) is 0 Å². The second kappa shape index (κ2) is 9.38. The number of amides is 1. The van der Waals surface area contributed by atoms with Crippen LogP contribution in [0.5, 0.6) is 0 Å². The van der Waals surface area contributed by atoms with Gasteiger partial charge in [0, 0.05) is 18.2 Å². The van der Waals surface area contributed by atoms with Gasteiger partial charge in [-0.2, -0.15) is 0 Å².